The molecule has 0 saturated heterocycles. The minimum absolute atomic E-state index is 0.0105. The number of hydrogen-bond acceptors (Lipinski definition) is 6. The Morgan fingerprint density at radius 2 is 1.33 bits per heavy atom. The van der Waals surface area contributed by atoms with Gasteiger partial charge in [-0.05, 0) is 0 Å². The first-order valence-electron chi connectivity index (χ1n) is 14.7. The number of rotatable bonds is 24. The van der Waals surface area contributed by atoms with Gasteiger partial charge in [0.25, 0.3) is 0 Å². The Morgan fingerprint density at radius 3 is 1.78 bits per heavy atom. The van der Waals surface area contributed by atoms with Gasteiger partial charge in [0.2, 0.25) is 0 Å². The second kappa shape index (κ2) is 20.2. The third-order valence-electron chi connectivity index (χ3n) is 6.64. The third-order valence-corrected chi connectivity index (χ3v) is 10.2. The van der Waals surface area contributed by atoms with Crippen LogP contribution in [0.4, 0.5) is 0 Å². The van der Waals surface area contributed by atoms with Gasteiger partial charge >= 0.3 is 164 Å². The molecule has 8 heteroatoms. The van der Waals surface area contributed by atoms with Crippen LogP contribution < -0.4 is 5.32 Å². The van der Waals surface area contributed by atoms with Crippen LogP contribution in [0.15, 0.2) is 0 Å². The van der Waals surface area contributed by atoms with Gasteiger partial charge in [0.15, 0.2) is 0 Å². The quantitative estimate of drug-likeness (QED) is 0.0897. The first kappa shape index (κ1) is 35.2. The molecule has 36 heavy (non-hydrogen) atoms. The molecule has 7 nitrogen and oxygen atoms in total. The summed E-state index contributed by atoms with van der Waals surface area (Å²) in [6.45, 7) is 10.4. The van der Waals surface area contributed by atoms with Gasteiger partial charge in [0.05, 0.1) is 0 Å². The van der Waals surface area contributed by atoms with Crippen LogP contribution in [-0.4, -0.2) is 51.8 Å². The number of nitrogens with one attached hydrogen (secondary N) is 1. The Labute approximate surface area is 222 Å². The van der Waals surface area contributed by atoms with Crippen LogP contribution in [0.2, 0.25) is 0 Å². The average Bonchev–Trinajstić information content (AvgIpc) is 2.80. The van der Waals surface area contributed by atoms with Crippen molar-refractivity contribution in [3.05, 3.63) is 0 Å². The number of unbranched alkanes of at least 4 members (excludes halogenated alkanes) is 12. The van der Waals surface area contributed by atoms with E-state index in [9.17, 15) is 14.6 Å². The van der Waals surface area contributed by atoms with Gasteiger partial charge in [-0.1, -0.05) is 58.3 Å². The van der Waals surface area contributed by atoms with E-state index < -0.39 is 7.43 Å². The van der Waals surface area contributed by atoms with Crippen LogP contribution in [-0.2, 0) is 9.32 Å². The minimum atomic E-state index is -4.65. The van der Waals surface area contributed by atoms with E-state index in [0.29, 0.717) is 19.4 Å². The molecule has 0 aliphatic heterocycles. The predicted octanol–water partition coefficient (Wildman–Crippen LogP) is 7.22. The average molecular weight is 532 g/mol. The first-order chi connectivity index (χ1) is 17.1. The predicted molar refractivity (Wildman–Crippen MR) is 152 cm³/mol. The van der Waals surface area contributed by atoms with Crippen molar-refractivity contribution in [2.24, 2.45) is 0 Å². The van der Waals surface area contributed by atoms with Crippen LogP contribution in [0.25, 0.3) is 0 Å². The molecular weight excluding hydrogens is 473 g/mol. The molecular formula is C28H58N3O4P. The molecule has 0 aromatic carbocycles. The van der Waals surface area contributed by atoms with Crippen LogP contribution in [0.3, 0.4) is 0 Å². The number of nitriles is 1. The van der Waals surface area contributed by atoms with Gasteiger partial charge in [-0.2, -0.15) is 0 Å². The van der Waals surface area contributed by atoms with Crippen molar-refractivity contribution >= 4 is 13.3 Å². The van der Waals surface area contributed by atoms with E-state index in [1.165, 1.54) is 70.6 Å². The topological polar surface area (TPSA) is 106 Å². The van der Waals surface area contributed by atoms with Crippen molar-refractivity contribution in [1.29, 1.82) is 5.26 Å². The fraction of sp³-hybridized carbons (Fsp3) is 0.929. The molecule has 0 aromatic rings. The first-order valence-corrected chi connectivity index (χ1v) is 16.9. The molecule has 0 aliphatic carbocycles. The summed E-state index contributed by atoms with van der Waals surface area (Å²) in [6.07, 6.45) is 17.6. The van der Waals surface area contributed by atoms with Crippen molar-refractivity contribution in [3.8, 4) is 6.07 Å². The van der Waals surface area contributed by atoms with Gasteiger partial charge in [-0.25, -0.2) is 0 Å². The summed E-state index contributed by atoms with van der Waals surface area (Å²) >= 11 is 0. The fourth-order valence-electron chi connectivity index (χ4n) is 4.96. The zero-order valence-corrected chi connectivity index (χ0v) is 25.0. The van der Waals surface area contributed by atoms with E-state index in [1.54, 1.807) is 4.67 Å². The van der Waals surface area contributed by atoms with Crippen molar-refractivity contribution in [3.63, 3.8) is 0 Å². The summed E-state index contributed by atoms with van der Waals surface area (Å²) in [5.41, 5.74) is 0. The van der Waals surface area contributed by atoms with E-state index >= 15 is 0 Å². The van der Waals surface area contributed by atoms with Crippen molar-refractivity contribution in [1.82, 2.24) is 9.99 Å². The van der Waals surface area contributed by atoms with Gasteiger partial charge in [-0.15, -0.1) is 0 Å². The second-order valence-electron chi connectivity index (χ2n) is 10.8. The van der Waals surface area contributed by atoms with E-state index in [2.05, 4.69) is 12.2 Å². The Bertz CT molecular complexity index is 600. The van der Waals surface area contributed by atoms with Gasteiger partial charge in [0, 0.05) is 0 Å². The Hall–Kier alpha value is -0.770. The normalized spacial score (nSPS) is 13.2. The maximum atomic E-state index is 12.1. The Balaban J connectivity index is 3.98. The number of carbonyl (C=O) groups excluding carboxylic acids is 1. The Morgan fingerprint density at radius 1 is 0.861 bits per heavy atom. The standard InChI is InChI=1S/C28H58N3O4P/c1-6-7-8-9-10-11-12-13-14-15-16-17-18-21-28(32)30-23-20-24-35-36(33,34,25-19-22-29)31(26(2)3)27(4)5/h26-27,33-34H,6-21,23-25H2,1-5H3,(H,30,32). The molecule has 0 bridgehead atoms. The summed E-state index contributed by atoms with van der Waals surface area (Å²) < 4.78 is 7.34. The number of hydrogen-bond donors (Lipinski definition) is 3. The molecule has 0 rings (SSSR count). The maximum absolute atomic E-state index is 12.1. The van der Waals surface area contributed by atoms with E-state index in [4.69, 9.17) is 9.79 Å². The number of nitrogens with zero attached hydrogens (tertiary/aromatic N) is 2. The molecule has 0 spiro atoms. The van der Waals surface area contributed by atoms with Crippen molar-refractivity contribution in [2.45, 2.75) is 149 Å². The summed E-state index contributed by atoms with van der Waals surface area (Å²) in [5, 5.41) is 11.9. The summed E-state index contributed by atoms with van der Waals surface area (Å²) in [7, 11) is -4.65. The molecule has 0 saturated carbocycles. The molecule has 214 valence electrons. The zero-order chi connectivity index (χ0) is 27.3. The monoisotopic (exact) mass is 531 g/mol. The third kappa shape index (κ3) is 16.2. The van der Waals surface area contributed by atoms with E-state index in [-0.39, 0.29) is 37.2 Å². The second-order valence-corrected chi connectivity index (χ2v) is 14.1. The summed E-state index contributed by atoms with van der Waals surface area (Å²) in [5.74, 6) is 0.0408. The Kier molecular flexibility index (Phi) is 19.8. The zero-order valence-electron chi connectivity index (χ0n) is 24.1. The molecule has 0 atom stereocenters. The van der Waals surface area contributed by atoms with Crippen LogP contribution >= 0.6 is 7.43 Å². The number of carbonyl (C=O) groups is 1. The fourth-order valence-corrected chi connectivity index (χ4v) is 8.30. The molecule has 1 amide bonds. The van der Waals surface area contributed by atoms with Crippen LogP contribution in [0.1, 0.15) is 137 Å². The van der Waals surface area contributed by atoms with E-state index in [1.807, 2.05) is 33.8 Å². The summed E-state index contributed by atoms with van der Waals surface area (Å²) in [6, 6.07) is 1.71. The molecule has 0 unspecified atom stereocenters. The molecule has 3 N–H and O–H groups in total. The van der Waals surface area contributed by atoms with Gasteiger partial charge in [0.1, 0.15) is 0 Å². The van der Waals surface area contributed by atoms with Crippen LogP contribution in [0.5, 0.6) is 0 Å². The molecule has 0 aliphatic rings. The van der Waals surface area contributed by atoms with Crippen molar-refractivity contribution < 1.29 is 19.1 Å². The SMILES string of the molecule is CCCCCCCCCCCCCCCC(=O)NCCCOP(O)(O)(CCC#N)N(C(C)C)C(C)C. The van der Waals surface area contributed by atoms with Gasteiger partial charge in [-0.3, -0.25) is 0 Å². The van der Waals surface area contributed by atoms with Gasteiger partial charge < -0.3 is 0 Å². The number of amides is 1. The molecule has 0 heterocycles. The molecule has 0 fully saturated rings. The molecule has 0 radical (unpaired) electrons. The summed E-state index contributed by atoms with van der Waals surface area (Å²) in [4.78, 5) is 34.6. The molecule has 0 aromatic heterocycles. The van der Waals surface area contributed by atoms with E-state index in [0.717, 1.165) is 12.8 Å². The van der Waals surface area contributed by atoms with Crippen molar-refractivity contribution in [2.75, 3.05) is 19.3 Å². The van der Waals surface area contributed by atoms with Crippen LogP contribution in [0, 0.1) is 11.3 Å².